The zero-order valence-corrected chi connectivity index (χ0v) is 11.5. The average Bonchev–Trinajstić information content (AvgIpc) is 3.17. The first-order valence-corrected chi connectivity index (χ1v) is 7.33. The van der Waals surface area contributed by atoms with Gasteiger partial charge in [0, 0.05) is 18.3 Å². The van der Waals surface area contributed by atoms with Gasteiger partial charge < -0.3 is 9.84 Å². The highest BCUT2D eigenvalue weighted by molar-refractivity contribution is 7.13. The molecule has 0 unspecified atom stereocenters. The van der Waals surface area contributed by atoms with E-state index in [1.54, 1.807) is 11.7 Å². The fourth-order valence-corrected chi connectivity index (χ4v) is 2.93. The van der Waals surface area contributed by atoms with E-state index in [9.17, 15) is 0 Å². The van der Waals surface area contributed by atoms with E-state index in [-0.39, 0.29) is 0 Å². The van der Waals surface area contributed by atoms with E-state index in [1.165, 1.54) is 22.5 Å². The molecule has 0 saturated heterocycles. The van der Waals surface area contributed by atoms with Crippen molar-refractivity contribution in [1.29, 1.82) is 0 Å². The van der Waals surface area contributed by atoms with E-state index in [2.05, 4.69) is 32.6 Å². The van der Waals surface area contributed by atoms with Crippen molar-refractivity contribution >= 4 is 11.3 Å². The van der Waals surface area contributed by atoms with Gasteiger partial charge in [0.25, 0.3) is 5.89 Å². The Morgan fingerprint density at radius 1 is 1.25 bits per heavy atom. The minimum absolute atomic E-state index is 0.557. The Hall–Kier alpha value is -2.05. The second-order valence-corrected chi connectivity index (χ2v) is 5.59. The van der Waals surface area contributed by atoms with Crippen LogP contribution >= 0.6 is 11.3 Å². The van der Waals surface area contributed by atoms with Gasteiger partial charge in [-0.15, -0.1) is 11.3 Å². The average molecular weight is 284 g/mol. The molecule has 1 N–H and O–H groups in total. The lowest BCUT2D eigenvalue weighted by molar-refractivity contribution is 0.432. The molecule has 0 saturated carbocycles. The summed E-state index contributed by atoms with van der Waals surface area (Å²) in [5.74, 6) is 1.15. The number of thiazole rings is 1. The number of benzene rings is 1. The van der Waals surface area contributed by atoms with Crippen molar-refractivity contribution in [3.63, 3.8) is 0 Å². The van der Waals surface area contributed by atoms with Crippen molar-refractivity contribution in [2.24, 2.45) is 0 Å². The lowest BCUT2D eigenvalue weighted by Crippen LogP contribution is -2.23. The van der Waals surface area contributed by atoms with Crippen LogP contribution in [0.3, 0.4) is 0 Å². The maximum absolute atomic E-state index is 5.36. The zero-order valence-electron chi connectivity index (χ0n) is 10.7. The highest BCUT2D eigenvalue weighted by Crippen LogP contribution is 2.26. The largest absolute Gasteiger partial charge is 0.334 e. The van der Waals surface area contributed by atoms with Crippen LogP contribution in [0.15, 0.2) is 34.4 Å². The van der Waals surface area contributed by atoms with Crippen LogP contribution in [0.1, 0.15) is 11.1 Å². The summed E-state index contributed by atoms with van der Waals surface area (Å²) >= 11 is 1.50. The smallest absolute Gasteiger partial charge is 0.258 e. The van der Waals surface area contributed by atoms with E-state index in [4.69, 9.17) is 4.52 Å². The number of aromatic nitrogens is 3. The summed E-state index contributed by atoms with van der Waals surface area (Å²) in [6.07, 6.45) is 2.82. The Morgan fingerprint density at radius 3 is 3.15 bits per heavy atom. The van der Waals surface area contributed by atoms with Crippen LogP contribution < -0.4 is 5.32 Å². The van der Waals surface area contributed by atoms with Gasteiger partial charge >= 0.3 is 0 Å². The van der Waals surface area contributed by atoms with Gasteiger partial charge in [0.15, 0.2) is 0 Å². The first-order valence-electron chi connectivity index (χ1n) is 6.45. The Morgan fingerprint density at radius 2 is 2.25 bits per heavy atom. The molecule has 20 heavy (non-hydrogen) atoms. The molecule has 6 heteroatoms. The van der Waals surface area contributed by atoms with Crippen LogP contribution in [0.4, 0.5) is 0 Å². The maximum Gasteiger partial charge on any atom is 0.258 e. The van der Waals surface area contributed by atoms with Crippen molar-refractivity contribution in [3.05, 3.63) is 41.0 Å². The van der Waals surface area contributed by atoms with E-state index < -0.39 is 0 Å². The molecule has 0 amide bonds. The van der Waals surface area contributed by atoms with Crippen LogP contribution in [-0.2, 0) is 13.0 Å². The Balaban J connectivity index is 1.71. The van der Waals surface area contributed by atoms with Crippen LogP contribution in [-0.4, -0.2) is 21.7 Å². The summed E-state index contributed by atoms with van der Waals surface area (Å²) < 4.78 is 5.36. The number of nitrogens with one attached hydrogen (secondary N) is 1. The third-order valence-corrected chi connectivity index (χ3v) is 4.19. The summed E-state index contributed by atoms with van der Waals surface area (Å²) in [7, 11) is 0. The quantitative estimate of drug-likeness (QED) is 0.783. The van der Waals surface area contributed by atoms with Crippen LogP contribution in [0, 0.1) is 0 Å². The molecule has 0 atom stereocenters. The van der Waals surface area contributed by atoms with Gasteiger partial charge in [-0.05, 0) is 36.2 Å². The molecule has 0 spiro atoms. The molecule has 4 rings (SSSR count). The first kappa shape index (κ1) is 11.7. The van der Waals surface area contributed by atoms with Gasteiger partial charge in [0.05, 0.1) is 10.4 Å². The topological polar surface area (TPSA) is 63.8 Å². The summed E-state index contributed by atoms with van der Waals surface area (Å²) in [5.41, 5.74) is 5.44. The van der Waals surface area contributed by atoms with Gasteiger partial charge in [-0.1, -0.05) is 11.2 Å². The third-order valence-electron chi connectivity index (χ3n) is 3.42. The number of hydrogen-bond donors (Lipinski definition) is 1. The lowest BCUT2D eigenvalue weighted by Gasteiger charge is -2.16. The molecule has 0 aliphatic carbocycles. The minimum atomic E-state index is 0.557. The molecule has 1 aromatic carbocycles. The summed E-state index contributed by atoms with van der Waals surface area (Å²) in [6, 6.07) is 6.33. The van der Waals surface area contributed by atoms with E-state index in [1.807, 2.05) is 6.07 Å². The van der Waals surface area contributed by atoms with E-state index >= 15 is 0 Å². The van der Waals surface area contributed by atoms with Crippen molar-refractivity contribution in [3.8, 4) is 22.2 Å². The maximum atomic E-state index is 5.36. The molecule has 100 valence electrons. The second kappa shape index (κ2) is 4.81. The number of fused-ring (bicyclic) bond motifs is 1. The molecule has 0 fully saturated rings. The van der Waals surface area contributed by atoms with Crippen LogP contribution in [0.2, 0.25) is 0 Å². The molecule has 3 aromatic rings. The second-order valence-electron chi connectivity index (χ2n) is 4.70. The Kier molecular flexibility index (Phi) is 2.82. The third kappa shape index (κ3) is 2.03. The van der Waals surface area contributed by atoms with E-state index in [0.717, 1.165) is 30.0 Å². The fraction of sp³-hybridized carbons (Fsp3) is 0.214. The normalized spacial score (nSPS) is 14.2. The van der Waals surface area contributed by atoms with Gasteiger partial charge in [0.2, 0.25) is 5.82 Å². The summed E-state index contributed by atoms with van der Waals surface area (Å²) in [4.78, 5) is 9.39. The molecule has 0 radical (unpaired) electrons. The molecule has 1 aliphatic heterocycles. The van der Waals surface area contributed by atoms with Crippen molar-refractivity contribution in [2.75, 3.05) is 6.54 Å². The van der Waals surface area contributed by atoms with Crippen LogP contribution in [0.5, 0.6) is 0 Å². The van der Waals surface area contributed by atoms with Gasteiger partial charge in [-0.3, -0.25) is 4.98 Å². The number of nitrogens with zero attached hydrogens (tertiary/aromatic N) is 3. The van der Waals surface area contributed by atoms with Crippen molar-refractivity contribution in [2.45, 2.75) is 13.0 Å². The molecule has 1 aliphatic rings. The molecule has 2 aromatic heterocycles. The number of hydrogen-bond acceptors (Lipinski definition) is 6. The monoisotopic (exact) mass is 284 g/mol. The highest BCUT2D eigenvalue weighted by Gasteiger charge is 2.14. The summed E-state index contributed by atoms with van der Waals surface area (Å²) in [5, 5.41) is 7.39. The fourth-order valence-electron chi connectivity index (χ4n) is 2.38. The van der Waals surface area contributed by atoms with Crippen molar-refractivity contribution in [1.82, 2.24) is 20.4 Å². The standard InChI is InChI=1S/C14H12N4OS/c1-2-10(5-11-6-15-4-3-9(1)11)14-17-13(18-19-14)12-7-16-8-20-12/h1-2,5,7-8,15H,3-4,6H2. The molecule has 5 nitrogen and oxygen atoms in total. The first-order chi connectivity index (χ1) is 9.90. The Labute approximate surface area is 119 Å². The molecule has 0 bridgehead atoms. The molecular weight excluding hydrogens is 272 g/mol. The lowest BCUT2D eigenvalue weighted by atomic mass is 9.98. The summed E-state index contributed by atoms with van der Waals surface area (Å²) in [6.45, 7) is 1.95. The highest BCUT2D eigenvalue weighted by atomic mass is 32.1. The van der Waals surface area contributed by atoms with Crippen LogP contribution in [0.25, 0.3) is 22.2 Å². The van der Waals surface area contributed by atoms with Gasteiger partial charge in [-0.2, -0.15) is 4.98 Å². The number of rotatable bonds is 2. The Bertz CT molecular complexity index is 735. The van der Waals surface area contributed by atoms with Crippen molar-refractivity contribution < 1.29 is 4.52 Å². The minimum Gasteiger partial charge on any atom is -0.334 e. The zero-order chi connectivity index (χ0) is 13.4. The van der Waals surface area contributed by atoms with E-state index in [0.29, 0.717) is 11.7 Å². The predicted octanol–water partition coefficient (Wildman–Crippen LogP) is 2.51. The SMILES string of the molecule is c1ncc(-c2noc(-c3ccc4c(c3)CNCC4)n2)s1. The molecular formula is C14H12N4OS. The van der Waals surface area contributed by atoms with Gasteiger partial charge in [-0.25, -0.2) is 0 Å². The molecule has 3 heterocycles. The van der Waals surface area contributed by atoms with Gasteiger partial charge in [0.1, 0.15) is 0 Å². The predicted molar refractivity (Wildman–Crippen MR) is 76.3 cm³/mol.